The van der Waals surface area contributed by atoms with E-state index >= 15 is 0 Å². The Hall–Kier alpha value is -2.40. The molecule has 1 amide bonds. The molecule has 0 spiro atoms. The van der Waals surface area contributed by atoms with Crippen LogP contribution in [0.5, 0.6) is 5.75 Å². The van der Waals surface area contributed by atoms with E-state index in [0.29, 0.717) is 24.3 Å². The predicted octanol–water partition coefficient (Wildman–Crippen LogP) is 3.81. The largest absolute Gasteiger partial charge is 0.492 e. The van der Waals surface area contributed by atoms with Crippen LogP contribution in [0.1, 0.15) is 13.3 Å². The summed E-state index contributed by atoms with van der Waals surface area (Å²) < 4.78 is 19.5. The van der Waals surface area contributed by atoms with Crippen molar-refractivity contribution in [3.05, 3.63) is 48.3 Å². The van der Waals surface area contributed by atoms with Crippen molar-refractivity contribution >= 4 is 12.1 Å². The van der Waals surface area contributed by atoms with Crippen molar-refractivity contribution in [2.45, 2.75) is 13.3 Å². The first-order chi connectivity index (χ1) is 12.6. The number of benzene rings is 2. The lowest BCUT2D eigenvalue weighted by atomic mass is 10.0. The van der Waals surface area contributed by atoms with Crippen LogP contribution < -0.4 is 9.64 Å². The van der Waals surface area contributed by atoms with Crippen molar-refractivity contribution in [2.75, 3.05) is 38.2 Å². The fraction of sp³-hybridized carbons (Fsp3) is 0.381. The van der Waals surface area contributed by atoms with Crippen molar-refractivity contribution in [3.63, 3.8) is 0 Å². The molecule has 26 heavy (non-hydrogen) atoms. The normalized spacial score (nSPS) is 17.3. The van der Waals surface area contributed by atoms with E-state index in [9.17, 15) is 9.18 Å². The summed E-state index contributed by atoms with van der Waals surface area (Å²) in [5, 5.41) is 0. The molecule has 1 unspecified atom stereocenters. The Kier molecular flexibility index (Phi) is 5.89. The van der Waals surface area contributed by atoms with Crippen molar-refractivity contribution < 1.29 is 13.9 Å². The number of likely N-dealkylation sites (tertiary alicyclic amines) is 1. The Bertz CT molecular complexity index is 748. The summed E-state index contributed by atoms with van der Waals surface area (Å²) in [5.41, 5.74) is 2.18. The van der Waals surface area contributed by atoms with Crippen LogP contribution in [-0.2, 0) is 4.79 Å². The molecule has 5 heteroatoms. The Labute approximate surface area is 154 Å². The quantitative estimate of drug-likeness (QED) is 0.708. The SMILES string of the molecule is CC1CCN(CCOc2ccc(-c3cc(F)ccc3N(C)C=O)cc2)C1. The van der Waals surface area contributed by atoms with Gasteiger partial charge in [0.1, 0.15) is 18.2 Å². The smallest absolute Gasteiger partial charge is 0.213 e. The van der Waals surface area contributed by atoms with Crippen molar-refractivity contribution in [2.24, 2.45) is 5.92 Å². The van der Waals surface area contributed by atoms with E-state index in [1.807, 2.05) is 24.3 Å². The molecule has 2 aromatic rings. The van der Waals surface area contributed by atoms with E-state index in [0.717, 1.165) is 36.9 Å². The van der Waals surface area contributed by atoms with Gasteiger partial charge in [-0.2, -0.15) is 0 Å². The highest BCUT2D eigenvalue weighted by Crippen LogP contribution is 2.31. The molecule has 3 rings (SSSR count). The van der Waals surface area contributed by atoms with Crippen LogP contribution in [0, 0.1) is 11.7 Å². The second kappa shape index (κ2) is 8.32. The van der Waals surface area contributed by atoms with Gasteiger partial charge in [-0.25, -0.2) is 4.39 Å². The molecule has 2 aromatic carbocycles. The zero-order valence-electron chi connectivity index (χ0n) is 15.3. The summed E-state index contributed by atoms with van der Waals surface area (Å²) in [6.45, 7) is 6.17. The van der Waals surface area contributed by atoms with Gasteiger partial charge in [0, 0.05) is 25.7 Å². The summed E-state index contributed by atoms with van der Waals surface area (Å²) >= 11 is 0. The van der Waals surface area contributed by atoms with Crippen LogP contribution in [0.3, 0.4) is 0 Å². The van der Waals surface area contributed by atoms with Crippen LogP contribution in [0.15, 0.2) is 42.5 Å². The van der Waals surface area contributed by atoms with Gasteiger partial charge >= 0.3 is 0 Å². The number of nitrogens with zero attached hydrogens (tertiary/aromatic N) is 2. The summed E-state index contributed by atoms with van der Waals surface area (Å²) in [6.07, 6.45) is 1.98. The Morgan fingerprint density at radius 3 is 2.69 bits per heavy atom. The maximum atomic E-state index is 13.7. The van der Waals surface area contributed by atoms with Crippen LogP contribution >= 0.6 is 0 Å². The second-order valence-electron chi connectivity index (χ2n) is 6.95. The second-order valence-corrected chi connectivity index (χ2v) is 6.95. The average molecular weight is 356 g/mol. The first-order valence-corrected chi connectivity index (χ1v) is 9.00. The minimum atomic E-state index is -0.330. The van der Waals surface area contributed by atoms with E-state index in [2.05, 4.69) is 11.8 Å². The number of hydrogen-bond donors (Lipinski definition) is 0. The van der Waals surface area contributed by atoms with Crippen molar-refractivity contribution in [1.29, 1.82) is 0 Å². The number of hydrogen-bond acceptors (Lipinski definition) is 3. The maximum absolute atomic E-state index is 13.7. The first-order valence-electron chi connectivity index (χ1n) is 9.00. The molecule has 0 N–H and O–H groups in total. The molecule has 0 bridgehead atoms. The standard InChI is InChI=1S/C21H25FN2O2/c1-16-9-10-24(14-16)11-12-26-19-6-3-17(4-7-19)20-13-18(22)5-8-21(20)23(2)15-25/h3-8,13,15-16H,9-12,14H2,1-2H3. The minimum absolute atomic E-state index is 0.330. The molecule has 138 valence electrons. The van der Waals surface area contributed by atoms with Crippen LogP contribution in [0.2, 0.25) is 0 Å². The molecule has 0 saturated carbocycles. The van der Waals surface area contributed by atoms with Gasteiger partial charge in [0.25, 0.3) is 0 Å². The number of ether oxygens (including phenoxy) is 1. The van der Waals surface area contributed by atoms with E-state index < -0.39 is 0 Å². The Morgan fingerprint density at radius 1 is 1.27 bits per heavy atom. The summed E-state index contributed by atoms with van der Waals surface area (Å²) in [6, 6.07) is 12.0. The maximum Gasteiger partial charge on any atom is 0.213 e. The number of carbonyl (C=O) groups is 1. The number of carbonyl (C=O) groups excluding carboxylic acids is 1. The van der Waals surface area contributed by atoms with E-state index in [1.165, 1.54) is 23.5 Å². The van der Waals surface area contributed by atoms with Gasteiger partial charge < -0.3 is 9.64 Å². The monoisotopic (exact) mass is 356 g/mol. The van der Waals surface area contributed by atoms with Gasteiger partial charge in [-0.1, -0.05) is 19.1 Å². The van der Waals surface area contributed by atoms with Crippen LogP contribution in [0.4, 0.5) is 10.1 Å². The number of amides is 1. The molecule has 0 radical (unpaired) electrons. The van der Waals surface area contributed by atoms with E-state index in [-0.39, 0.29) is 5.82 Å². The van der Waals surface area contributed by atoms with Gasteiger partial charge in [-0.15, -0.1) is 0 Å². The zero-order chi connectivity index (χ0) is 18.5. The zero-order valence-corrected chi connectivity index (χ0v) is 15.3. The van der Waals surface area contributed by atoms with Crippen molar-refractivity contribution in [3.8, 4) is 16.9 Å². The lowest BCUT2D eigenvalue weighted by molar-refractivity contribution is -0.107. The molecule has 1 fully saturated rings. The fourth-order valence-corrected chi connectivity index (χ4v) is 3.36. The molecule has 0 aromatic heterocycles. The number of rotatable bonds is 7. The number of anilines is 1. The molecule has 1 atom stereocenters. The minimum Gasteiger partial charge on any atom is -0.492 e. The number of halogens is 1. The molecular formula is C21H25FN2O2. The first kappa shape index (κ1) is 18.4. The molecule has 0 aliphatic carbocycles. The Balaban J connectivity index is 1.66. The van der Waals surface area contributed by atoms with Gasteiger partial charge in [0.2, 0.25) is 6.41 Å². The third-order valence-corrected chi connectivity index (χ3v) is 4.85. The fourth-order valence-electron chi connectivity index (χ4n) is 3.36. The summed E-state index contributed by atoms with van der Waals surface area (Å²) in [7, 11) is 1.65. The van der Waals surface area contributed by atoms with Crippen LogP contribution in [0.25, 0.3) is 11.1 Å². The van der Waals surface area contributed by atoms with E-state index in [1.54, 1.807) is 13.1 Å². The topological polar surface area (TPSA) is 32.8 Å². The third-order valence-electron chi connectivity index (χ3n) is 4.85. The lowest BCUT2D eigenvalue weighted by Gasteiger charge is -2.17. The average Bonchev–Trinajstić information content (AvgIpc) is 3.07. The molecule has 1 aliphatic heterocycles. The predicted molar refractivity (Wildman–Crippen MR) is 102 cm³/mol. The highest BCUT2D eigenvalue weighted by atomic mass is 19.1. The van der Waals surface area contributed by atoms with Gasteiger partial charge in [-0.3, -0.25) is 9.69 Å². The summed E-state index contributed by atoms with van der Waals surface area (Å²) in [5.74, 6) is 1.24. The van der Waals surface area contributed by atoms with Gasteiger partial charge in [0.15, 0.2) is 0 Å². The lowest BCUT2D eigenvalue weighted by Crippen LogP contribution is -2.25. The molecule has 1 saturated heterocycles. The molecule has 1 heterocycles. The Morgan fingerprint density at radius 2 is 2.04 bits per heavy atom. The summed E-state index contributed by atoms with van der Waals surface area (Å²) in [4.78, 5) is 14.9. The van der Waals surface area contributed by atoms with Crippen LogP contribution in [-0.4, -0.2) is 44.6 Å². The highest BCUT2D eigenvalue weighted by Gasteiger charge is 2.18. The molecule has 1 aliphatic rings. The van der Waals surface area contributed by atoms with E-state index in [4.69, 9.17) is 4.74 Å². The van der Waals surface area contributed by atoms with Gasteiger partial charge in [-0.05, 0) is 54.8 Å². The van der Waals surface area contributed by atoms with Gasteiger partial charge in [0.05, 0.1) is 5.69 Å². The molecule has 4 nitrogen and oxygen atoms in total. The third kappa shape index (κ3) is 4.41. The molecular weight excluding hydrogens is 331 g/mol. The highest BCUT2D eigenvalue weighted by molar-refractivity contribution is 5.86. The van der Waals surface area contributed by atoms with Crippen molar-refractivity contribution in [1.82, 2.24) is 4.90 Å².